The lowest BCUT2D eigenvalue weighted by Crippen LogP contribution is -2.32. The number of hydrogen-bond donors (Lipinski definition) is 0. The van der Waals surface area contributed by atoms with E-state index >= 15 is 0 Å². The second-order valence-electron chi connectivity index (χ2n) is 39.9. The van der Waals surface area contributed by atoms with E-state index in [-0.39, 0.29) is 39.3 Å². The van der Waals surface area contributed by atoms with Gasteiger partial charge in [0.15, 0.2) is 58.9 Å². The van der Waals surface area contributed by atoms with Gasteiger partial charge in [-0.25, -0.2) is 47.8 Å². The first-order chi connectivity index (χ1) is 77.6. The fourth-order valence-corrected chi connectivity index (χ4v) is 19.0. The first kappa shape index (κ1) is 73.7. The van der Waals surface area contributed by atoms with Crippen molar-refractivity contribution < 1.29 is 79.2 Å². The van der Waals surface area contributed by atoms with Crippen LogP contribution in [-0.4, -0.2) is 24.9 Å². The van der Waals surface area contributed by atoms with Crippen molar-refractivity contribution in [1.82, 2.24) is 24.9 Å². The van der Waals surface area contributed by atoms with Gasteiger partial charge in [-0.1, -0.05) is 178 Å². The van der Waals surface area contributed by atoms with E-state index in [1.165, 1.54) is 24.7 Å². The van der Waals surface area contributed by atoms with Crippen LogP contribution in [0.5, 0.6) is 0 Å². The van der Waals surface area contributed by atoms with Crippen LogP contribution in [0, 0.1) is 98.4 Å². The number of fused-ring (bicyclic) bond motifs is 15. The summed E-state index contributed by atoms with van der Waals surface area (Å²) in [6, 6.07) is 49.2. The van der Waals surface area contributed by atoms with Gasteiger partial charge < -0.3 is 22.1 Å². The average molecular weight is 1920 g/mol. The van der Waals surface area contributed by atoms with Gasteiger partial charge in [-0.3, -0.25) is 0 Å². The van der Waals surface area contributed by atoms with Crippen LogP contribution < -0.4 is 22.8 Å². The molecule has 1 atom stereocenters. The highest BCUT2D eigenvalue weighted by Gasteiger charge is 2.31. The normalized spacial score (nSPS) is 15.8. The molecule has 15 heteroatoms. The average Bonchev–Trinajstić information content (AvgIpc) is 1.71. The second kappa shape index (κ2) is 42.0. The Morgan fingerprint density at radius 2 is 0.500 bits per heavy atom. The summed E-state index contributed by atoms with van der Waals surface area (Å²) in [6.45, 7) is 26.0. The van der Waals surface area contributed by atoms with Crippen LogP contribution in [-0.2, 0) is 86.5 Å². The molecule has 1 unspecified atom stereocenters. The number of aryl methyl sites for hydroxylation is 18. The van der Waals surface area contributed by atoms with E-state index in [0.29, 0.717) is 110 Å². The van der Waals surface area contributed by atoms with Crippen molar-refractivity contribution in [3.63, 3.8) is 0 Å². The van der Waals surface area contributed by atoms with Gasteiger partial charge in [-0.15, -0.1) is 0 Å². The monoisotopic (exact) mass is 1920 g/mol. The van der Waals surface area contributed by atoms with Crippen molar-refractivity contribution in [1.29, 1.82) is 0 Å². The van der Waals surface area contributed by atoms with E-state index < -0.39 is 78.0 Å². The van der Waals surface area contributed by atoms with Gasteiger partial charge in [-0.2, -0.15) is 0 Å². The van der Waals surface area contributed by atoms with Crippen molar-refractivity contribution in [3.05, 3.63) is 295 Å². The summed E-state index contributed by atoms with van der Waals surface area (Å²) in [5.74, 6) is -2.16. The molecule has 0 bridgehead atoms. The molecule has 0 aliphatic rings. The van der Waals surface area contributed by atoms with Crippen molar-refractivity contribution >= 4 is 110 Å². The summed E-state index contributed by atoms with van der Waals surface area (Å²) < 4.78 is 245. The molecule has 15 nitrogen and oxygen atoms in total. The predicted molar refractivity (Wildman–Crippen MR) is 587 cm³/mol. The van der Waals surface area contributed by atoms with Crippen LogP contribution in [0.4, 0.5) is 0 Å². The molecule has 142 heavy (non-hydrogen) atoms. The van der Waals surface area contributed by atoms with E-state index in [9.17, 15) is 0 Å². The third-order valence-corrected chi connectivity index (χ3v) is 26.4. The minimum absolute atomic E-state index is 0.0233. The first-order valence-electron chi connectivity index (χ1n) is 61.9. The highest BCUT2D eigenvalue weighted by atomic mass is 16.4. The van der Waals surface area contributed by atoms with E-state index in [1.807, 2.05) is 149 Å². The lowest BCUT2D eigenvalue weighted by Gasteiger charge is -2.11. The van der Waals surface area contributed by atoms with E-state index in [4.69, 9.17) is 66.3 Å². The molecule has 0 N–H and O–H groups in total. The number of pyridine rings is 10. The molecule has 0 fully saturated rings. The topological polar surface area (TPSA) is 150 Å². The van der Waals surface area contributed by atoms with Crippen molar-refractivity contribution in [2.24, 2.45) is 64.8 Å². The summed E-state index contributed by atoms with van der Waals surface area (Å²) in [5, 5.41) is 9.33. The van der Waals surface area contributed by atoms with Gasteiger partial charge >= 0.3 is 0 Å². The smallest absolute Gasteiger partial charge is 0.227 e. The van der Waals surface area contributed by atoms with Gasteiger partial charge in [-0.05, 0) is 278 Å². The molecule has 0 saturated heterocycles. The molecule has 0 spiro atoms. The summed E-state index contributed by atoms with van der Waals surface area (Å²) in [4.78, 5) is 23.4. The molecule has 5 aromatic carbocycles. The Morgan fingerprint density at radius 1 is 0.275 bits per heavy atom. The third kappa shape index (κ3) is 20.7. The fraction of sp³-hybridized carbons (Fsp3) is 0.370. The maximum atomic E-state index is 8.75. The first-order valence-corrected chi connectivity index (χ1v) is 49.4. The Morgan fingerprint density at radius 3 is 0.725 bits per heavy atom. The molecule has 20 aromatic rings. The standard InChI is InChI=1S/2C26H31N2O.3C25H29N2O/c2*1-15(2)12-19-13-23(28(7)14-18(19)6)24-17(5)8-9-20-21-10-11-22(16(3)4)27-26(21)29-25(20)24;3*1-7-19-9-11-21-20-10-8-16(4)23(24(20)28-25(21)26-19)22-13-18(12-15(2)3)17(5)14-27(22)6/h2*8-11,13-16H,12H2,1-7H3;3*8-11,13-15H,7,12H2,1-6H3/q5*+1/i6D3,12D2;6D3;2D3,5D3,12D2,15D;5D3,12D2;5D3. The van der Waals surface area contributed by atoms with Gasteiger partial charge in [0.05, 0.1) is 27.8 Å². The Balaban J connectivity index is 0.000000146. The van der Waals surface area contributed by atoms with Gasteiger partial charge in [0.1, 0.15) is 35.2 Å². The molecule has 732 valence electrons. The number of rotatable bonds is 20. The van der Waals surface area contributed by atoms with Crippen LogP contribution in [0.15, 0.2) is 205 Å². The molecule has 0 amide bonds. The van der Waals surface area contributed by atoms with Crippen LogP contribution in [0.2, 0.25) is 0 Å². The molecular formula is C127H149N10O5+5. The number of furan rings is 5. The van der Waals surface area contributed by atoms with Gasteiger partial charge in [0.2, 0.25) is 57.0 Å². The van der Waals surface area contributed by atoms with Gasteiger partial charge in [0.25, 0.3) is 0 Å². The molecule has 15 heterocycles. The number of benzene rings is 5. The zero-order valence-corrected chi connectivity index (χ0v) is 86.8. The van der Waals surface area contributed by atoms with Crippen LogP contribution in [0.1, 0.15) is 276 Å². The lowest BCUT2D eigenvalue weighted by molar-refractivity contribution is -0.660. The van der Waals surface area contributed by atoms with Crippen LogP contribution >= 0.6 is 0 Å². The summed E-state index contributed by atoms with van der Waals surface area (Å²) in [5.41, 5.74) is 26.0. The van der Waals surface area contributed by atoms with Gasteiger partial charge in [0, 0.05) is 175 Å². The fourth-order valence-electron chi connectivity index (χ4n) is 19.0. The maximum absolute atomic E-state index is 8.75. The Labute approximate surface area is 875 Å². The quantitative estimate of drug-likeness (QED) is 0.0675. The molecule has 0 aliphatic carbocycles. The Hall–Kier alpha value is -13.4. The van der Waals surface area contributed by atoms with E-state index in [2.05, 4.69) is 134 Å². The maximum Gasteiger partial charge on any atom is 0.227 e. The highest BCUT2D eigenvalue weighted by molar-refractivity contribution is 6.13. The van der Waals surface area contributed by atoms with Crippen molar-refractivity contribution in [2.75, 3.05) is 0 Å². The summed E-state index contributed by atoms with van der Waals surface area (Å²) in [6.07, 6.45) is 5.20. The molecule has 0 radical (unpaired) electrons. The largest absolute Gasteiger partial charge is 0.437 e. The summed E-state index contributed by atoms with van der Waals surface area (Å²) >= 11 is 0. The van der Waals surface area contributed by atoms with Crippen LogP contribution in [0.25, 0.3) is 167 Å². The van der Waals surface area contributed by atoms with E-state index in [0.717, 1.165) is 192 Å². The molecular weight excluding hydrogens is 1750 g/mol. The number of aromatic nitrogens is 10. The second-order valence-corrected chi connectivity index (χ2v) is 39.9. The predicted octanol–water partition coefficient (Wildman–Crippen LogP) is 30.4. The van der Waals surface area contributed by atoms with E-state index in [1.54, 1.807) is 87.1 Å². The molecule has 0 aliphatic heterocycles. The zero-order chi connectivity index (χ0) is 123. The summed E-state index contributed by atoms with van der Waals surface area (Å²) in [7, 11) is 9.02. The Bertz CT molecular complexity index is 9350. The molecule has 15 aromatic heterocycles. The van der Waals surface area contributed by atoms with Crippen LogP contribution in [0.3, 0.4) is 0 Å². The SMILES string of the molecule is [2H]C([2H])([2H])c1c[n+](C)c(-c2c(C)ccc3c2oc2nc(C(C)C)ccc23)cc1C([2H])([2H])C(C)C.[2H]C([2H])([2H])c1c[n+](C)c(-c2c(C)ccc3c2oc2nc(C(C)C)ccc23)cc1CC(C)C.[2H]C([2H])([2H])c1c[n+](C)c(-c2c(C)ccc3c2oc2nc(CC)ccc23)cc1C([2H])([2H])C(C)C.[2H]C([2H])([2H])c1c[n+](C)c(-c2c(C)ccc3c2oc2nc(CC)ccc23)cc1C([2H])([2H])C([2H])(C)C([2H])([2H])[2H].[2H]C([2H])([2H])c1c[n+](C)c(-c2c(C)ccc3c2oc2nc(CC)ccc23)cc1CC(C)C. The van der Waals surface area contributed by atoms with Crippen molar-refractivity contribution in [2.45, 2.75) is 250 Å². The minimum Gasteiger partial charge on any atom is -0.437 e. The number of nitrogens with zero attached hydrogens (tertiary/aromatic N) is 10. The Kier molecular flexibility index (Phi) is 21.8. The molecule has 0 saturated carbocycles. The number of hydrogen-bond acceptors (Lipinski definition) is 10. The minimum atomic E-state index is -3.02. The highest BCUT2D eigenvalue weighted by Crippen LogP contribution is 2.45. The zero-order valence-electron chi connectivity index (χ0n) is 112. The molecule has 20 rings (SSSR count). The third-order valence-electron chi connectivity index (χ3n) is 26.4. The van der Waals surface area contributed by atoms with Crippen molar-refractivity contribution in [3.8, 4) is 56.3 Å². The lowest BCUT2D eigenvalue weighted by atomic mass is 9.95.